The first-order chi connectivity index (χ1) is 7.58. The first-order valence-corrected chi connectivity index (χ1v) is 6.07. The van der Waals surface area contributed by atoms with Crippen LogP contribution in [-0.4, -0.2) is 18.1 Å². The summed E-state index contributed by atoms with van der Waals surface area (Å²) < 4.78 is 6.58. The number of benzene rings is 1. The van der Waals surface area contributed by atoms with Gasteiger partial charge in [0, 0.05) is 11.1 Å². The molecule has 2 rings (SSSR count). The highest BCUT2D eigenvalue weighted by Crippen LogP contribution is 2.37. The maximum absolute atomic E-state index is 11.5. The SMILES string of the molecule is CCOC1(C)C(=O)NC1c1ccc(Br)cc1. The van der Waals surface area contributed by atoms with Crippen LogP contribution in [-0.2, 0) is 9.53 Å². The van der Waals surface area contributed by atoms with E-state index in [1.165, 1.54) is 0 Å². The van der Waals surface area contributed by atoms with Gasteiger partial charge in [-0.25, -0.2) is 0 Å². The van der Waals surface area contributed by atoms with Gasteiger partial charge in [0.25, 0.3) is 5.91 Å². The fourth-order valence-electron chi connectivity index (χ4n) is 1.97. The van der Waals surface area contributed by atoms with Gasteiger partial charge in [-0.1, -0.05) is 28.1 Å². The van der Waals surface area contributed by atoms with Gasteiger partial charge in [0.15, 0.2) is 5.60 Å². The van der Waals surface area contributed by atoms with Gasteiger partial charge in [-0.15, -0.1) is 0 Å². The maximum Gasteiger partial charge on any atom is 0.255 e. The molecule has 0 aromatic heterocycles. The Bertz CT molecular complexity index is 404. The predicted octanol–water partition coefficient (Wildman–Crippen LogP) is 2.42. The predicted molar refractivity (Wildman–Crippen MR) is 65.1 cm³/mol. The number of halogens is 1. The number of ether oxygens (including phenoxy) is 1. The van der Waals surface area contributed by atoms with Crippen LogP contribution in [0, 0.1) is 0 Å². The number of carbonyl (C=O) groups excluding carboxylic acids is 1. The number of β-lactam (4-membered cyclic amide) rings is 1. The second kappa shape index (κ2) is 4.18. The number of hydrogen-bond donors (Lipinski definition) is 1. The van der Waals surface area contributed by atoms with Crippen molar-refractivity contribution in [2.75, 3.05) is 6.61 Å². The van der Waals surface area contributed by atoms with E-state index in [1.807, 2.05) is 38.1 Å². The van der Waals surface area contributed by atoms with Crippen LogP contribution in [0.5, 0.6) is 0 Å². The van der Waals surface area contributed by atoms with E-state index in [1.54, 1.807) is 0 Å². The zero-order valence-corrected chi connectivity index (χ0v) is 10.9. The second-order valence-electron chi connectivity index (χ2n) is 4.00. The van der Waals surface area contributed by atoms with Gasteiger partial charge in [-0.3, -0.25) is 4.79 Å². The molecular formula is C12H14BrNO2. The molecular weight excluding hydrogens is 270 g/mol. The van der Waals surface area contributed by atoms with Gasteiger partial charge < -0.3 is 10.1 Å². The van der Waals surface area contributed by atoms with E-state index in [-0.39, 0.29) is 11.9 Å². The lowest BCUT2D eigenvalue weighted by Crippen LogP contribution is -2.66. The molecule has 0 spiro atoms. The third-order valence-electron chi connectivity index (χ3n) is 2.92. The molecule has 0 aliphatic carbocycles. The number of hydrogen-bond acceptors (Lipinski definition) is 2. The van der Waals surface area contributed by atoms with Gasteiger partial charge in [-0.2, -0.15) is 0 Å². The molecule has 1 saturated heterocycles. The Hall–Kier alpha value is -0.870. The smallest absolute Gasteiger partial charge is 0.255 e. The number of rotatable bonds is 3. The Morgan fingerprint density at radius 3 is 2.56 bits per heavy atom. The molecule has 2 unspecified atom stereocenters. The van der Waals surface area contributed by atoms with E-state index in [2.05, 4.69) is 21.2 Å². The summed E-state index contributed by atoms with van der Waals surface area (Å²) in [4.78, 5) is 11.5. The molecule has 1 aromatic carbocycles. The van der Waals surface area contributed by atoms with Crippen LogP contribution in [0.4, 0.5) is 0 Å². The average molecular weight is 284 g/mol. The lowest BCUT2D eigenvalue weighted by Gasteiger charge is -2.45. The number of amides is 1. The van der Waals surface area contributed by atoms with Crippen molar-refractivity contribution in [3.8, 4) is 0 Å². The number of carbonyl (C=O) groups is 1. The van der Waals surface area contributed by atoms with E-state index >= 15 is 0 Å². The number of nitrogens with one attached hydrogen (secondary N) is 1. The Morgan fingerprint density at radius 2 is 2.06 bits per heavy atom. The first kappa shape index (κ1) is 11.6. The van der Waals surface area contributed by atoms with E-state index in [0.29, 0.717) is 6.61 Å². The third kappa shape index (κ3) is 1.76. The summed E-state index contributed by atoms with van der Waals surface area (Å²) in [6, 6.07) is 7.86. The van der Waals surface area contributed by atoms with E-state index in [0.717, 1.165) is 10.0 Å². The zero-order chi connectivity index (χ0) is 11.8. The summed E-state index contributed by atoms with van der Waals surface area (Å²) in [6.45, 7) is 4.27. The molecule has 2 atom stereocenters. The highest BCUT2D eigenvalue weighted by Gasteiger charge is 2.52. The van der Waals surface area contributed by atoms with Crippen molar-refractivity contribution >= 4 is 21.8 Å². The molecule has 16 heavy (non-hydrogen) atoms. The molecule has 1 fully saturated rings. The fourth-order valence-corrected chi connectivity index (χ4v) is 2.24. The highest BCUT2D eigenvalue weighted by atomic mass is 79.9. The molecule has 86 valence electrons. The molecule has 1 heterocycles. The van der Waals surface area contributed by atoms with Crippen LogP contribution in [0.25, 0.3) is 0 Å². The summed E-state index contributed by atoms with van der Waals surface area (Å²) in [5.74, 6) is -0.0396. The Kier molecular flexibility index (Phi) is 3.04. The quantitative estimate of drug-likeness (QED) is 0.866. The minimum atomic E-state index is -0.720. The summed E-state index contributed by atoms with van der Waals surface area (Å²) in [5.41, 5.74) is 0.349. The molecule has 3 nitrogen and oxygen atoms in total. The lowest BCUT2D eigenvalue weighted by atomic mass is 9.82. The standard InChI is InChI=1S/C12H14BrNO2/c1-3-16-12(2)10(14-11(12)15)8-4-6-9(13)7-5-8/h4-7,10H,3H2,1-2H3,(H,14,15). The van der Waals surface area contributed by atoms with Crippen LogP contribution >= 0.6 is 15.9 Å². The van der Waals surface area contributed by atoms with Crippen LogP contribution in [0.15, 0.2) is 28.7 Å². The summed E-state index contributed by atoms with van der Waals surface area (Å²) in [7, 11) is 0. The topological polar surface area (TPSA) is 38.3 Å². The molecule has 1 amide bonds. The largest absolute Gasteiger partial charge is 0.363 e. The van der Waals surface area contributed by atoms with Gasteiger partial charge in [-0.05, 0) is 31.5 Å². The maximum atomic E-state index is 11.5. The van der Waals surface area contributed by atoms with Crippen LogP contribution in [0.2, 0.25) is 0 Å². The van der Waals surface area contributed by atoms with Crippen molar-refractivity contribution in [3.05, 3.63) is 34.3 Å². The van der Waals surface area contributed by atoms with Crippen molar-refractivity contribution in [1.29, 1.82) is 0 Å². The van der Waals surface area contributed by atoms with Crippen LogP contribution in [0.1, 0.15) is 25.5 Å². The second-order valence-corrected chi connectivity index (χ2v) is 4.91. The van der Waals surface area contributed by atoms with Gasteiger partial charge >= 0.3 is 0 Å². The van der Waals surface area contributed by atoms with Crippen molar-refractivity contribution in [1.82, 2.24) is 5.32 Å². The van der Waals surface area contributed by atoms with Crippen molar-refractivity contribution in [2.45, 2.75) is 25.5 Å². The molecule has 1 aromatic rings. The zero-order valence-electron chi connectivity index (χ0n) is 9.29. The average Bonchev–Trinajstić information content (AvgIpc) is 2.28. The van der Waals surface area contributed by atoms with Crippen LogP contribution in [0.3, 0.4) is 0 Å². The molecule has 0 saturated carbocycles. The minimum absolute atomic E-state index is 0.0396. The van der Waals surface area contributed by atoms with Crippen molar-refractivity contribution in [2.24, 2.45) is 0 Å². The third-order valence-corrected chi connectivity index (χ3v) is 3.45. The molecule has 0 bridgehead atoms. The van der Waals surface area contributed by atoms with Crippen molar-refractivity contribution in [3.63, 3.8) is 0 Å². The Balaban J connectivity index is 2.23. The Labute approximate surface area is 103 Å². The summed E-state index contributed by atoms with van der Waals surface area (Å²) in [5, 5.41) is 2.87. The van der Waals surface area contributed by atoms with Crippen LogP contribution < -0.4 is 5.32 Å². The first-order valence-electron chi connectivity index (χ1n) is 5.28. The summed E-state index contributed by atoms with van der Waals surface area (Å²) >= 11 is 3.39. The Morgan fingerprint density at radius 1 is 1.44 bits per heavy atom. The lowest BCUT2D eigenvalue weighted by molar-refractivity contribution is -0.168. The van der Waals surface area contributed by atoms with Gasteiger partial charge in [0.05, 0.1) is 6.04 Å². The monoisotopic (exact) mass is 283 g/mol. The molecule has 0 radical (unpaired) electrons. The molecule has 1 N–H and O–H groups in total. The summed E-state index contributed by atoms with van der Waals surface area (Å²) in [6.07, 6.45) is 0. The fraction of sp³-hybridized carbons (Fsp3) is 0.417. The normalized spacial score (nSPS) is 28.4. The minimum Gasteiger partial charge on any atom is -0.363 e. The van der Waals surface area contributed by atoms with Gasteiger partial charge in [0.2, 0.25) is 0 Å². The molecule has 1 aliphatic heterocycles. The van der Waals surface area contributed by atoms with E-state index in [4.69, 9.17) is 4.74 Å². The molecule has 4 heteroatoms. The molecule has 1 aliphatic rings. The van der Waals surface area contributed by atoms with E-state index < -0.39 is 5.60 Å². The van der Waals surface area contributed by atoms with E-state index in [9.17, 15) is 4.79 Å². The van der Waals surface area contributed by atoms with Gasteiger partial charge in [0.1, 0.15) is 0 Å². The van der Waals surface area contributed by atoms with Crippen molar-refractivity contribution < 1.29 is 9.53 Å². The highest BCUT2D eigenvalue weighted by molar-refractivity contribution is 9.10.